The van der Waals surface area contributed by atoms with Crippen LogP contribution in [0, 0.1) is 0 Å². The number of hydrogen-bond acceptors (Lipinski definition) is 19. The van der Waals surface area contributed by atoms with Gasteiger partial charge in [-0.3, -0.25) is 14.4 Å². The first-order valence-electron chi connectivity index (χ1n) is 25.3. The van der Waals surface area contributed by atoms with E-state index in [0.717, 1.165) is 42.8 Å². The number of rotatable bonds is 37. The van der Waals surface area contributed by atoms with Crippen molar-refractivity contribution < 1.29 is 76.3 Å². The summed E-state index contributed by atoms with van der Waals surface area (Å²) < 4.78 is 66.2. The van der Waals surface area contributed by atoms with Crippen LogP contribution in [0.25, 0.3) is 0 Å². The molecule has 73 heavy (non-hydrogen) atoms. The van der Waals surface area contributed by atoms with E-state index in [2.05, 4.69) is 5.32 Å². The number of nitrogens with zero attached hydrogens (tertiary/aromatic N) is 1. The summed E-state index contributed by atoms with van der Waals surface area (Å²) in [6.07, 6.45) is 4.01. The molecule has 6 N–H and O–H groups in total. The Kier molecular flexibility index (Phi) is 38.1. The van der Waals surface area contributed by atoms with Crippen molar-refractivity contribution >= 4 is 17.8 Å². The van der Waals surface area contributed by atoms with E-state index in [1.165, 1.54) is 0 Å². The molecule has 0 radical (unpaired) electrons. The van der Waals surface area contributed by atoms with Crippen LogP contribution in [0.4, 0.5) is 0 Å². The number of esters is 2. The summed E-state index contributed by atoms with van der Waals surface area (Å²) in [5, 5.41) is 10.3. The molecule has 0 saturated heterocycles. The van der Waals surface area contributed by atoms with Gasteiger partial charge in [0.15, 0.2) is 0 Å². The molecule has 0 bridgehead atoms. The van der Waals surface area contributed by atoms with Gasteiger partial charge in [-0.15, -0.1) is 0 Å². The molecule has 0 saturated carbocycles. The highest BCUT2D eigenvalue weighted by Crippen LogP contribution is 2.36. The number of aliphatic hydroxyl groups is 1. The Balaban J connectivity index is 0.00000141. The summed E-state index contributed by atoms with van der Waals surface area (Å²) in [5.41, 5.74) is 12.6. The molecule has 1 amide bonds. The minimum absolute atomic E-state index is 0.183. The van der Waals surface area contributed by atoms with Gasteiger partial charge < -0.3 is 83.6 Å². The Hall–Kier alpha value is -4.67. The lowest BCUT2D eigenvalue weighted by atomic mass is 10.1. The Morgan fingerprint density at radius 3 is 1.41 bits per heavy atom. The van der Waals surface area contributed by atoms with Crippen molar-refractivity contribution in [1.29, 1.82) is 0 Å². The van der Waals surface area contributed by atoms with Crippen LogP contribution in [0.1, 0.15) is 111 Å². The Labute approximate surface area is 436 Å². The fraction of sp³-hybridized carbons (Fsp3) is 0.717. The maximum atomic E-state index is 13.3. The molecule has 0 spiro atoms. The van der Waals surface area contributed by atoms with Crippen LogP contribution in [0.2, 0.25) is 0 Å². The second-order valence-electron chi connectivity index (χ2n) is 18.1. The number of unbranched alkanes of at least 4 members (excludes halogenated alkanes) is 1. The molecule has 1 unspecified atom stereocenters. The van der Waals surface area contributed by atoms with Crippen molar-refractivity contribution in [3.63, 3.8) is 0 Å². The van der Waals surface area contributed by atoms with Gasteiger partial charge in [-0.05, 0) is 87.6 Å². The lowest BCUT2D eigenvalue weighted by molar-refractivity contribution is -0.156. The molecule has 0 aliphatic heterocycles. The molecule has 2 aromatic carbocycles. The topological polar surface area (TPSA) is 250 Å². The molecule has 20 heteroatoms. The van der Waals surface area contributed by atoms with E-state index in [1.807, 2.05) is 67.5 Å². The van der Waals surface area contributed by atoms with Crippen molar-refractivity contribution in [2.24, 2.45) is 11.5 Å². The Morgan fingerprint density at radius 2 is 1.01 bits per heavy atom. The molecule has 422 valence electrons. The van der Waals surface area contributed by atoms with Crippen LogP contribution < -0.4 is 45.2 Å². The molecular weight excluding hydrogens is 949 g/mol. The lowest BCUT2D eigenvalue weighted by Crippen LogP contribution is -2.45. The number of nitrogens with two attached hydrogens (primary N) is 2. The zero-order valence-corrected chi connectivity index (χ0v) is 46.6. The minimum Gasteiger partial charge on any atom is -0.496 e. The van der Waals surface area contributed by atoms with Gasteiger partial charge in [-0.25, -0.2) is 0 Å². The van der Waals surface area contributed by atoms with E-state index in [4.69, 9.17) is 73.4 Å². The van der Waals surface area contributed by atoms with E-state index in [1.54, 1.807) is 45.5 Å². The summed E-state index contributed by atoms with van der Waals surface area (Å²) in [5.74, 6) is 3.26. The highest BCUT2D eigenvalue weighted by atomic mass is 16.6. The number of amides is 1. The maximum absolute atomic E-state index is 13.3. The molecule has 2 rings (SSSR count). The van der Waals surface area contributed by atoms with E-state index in [0.29, 0.717) is 147 Å². The van der Waals surface area contributed by atoms with Crippen LogP contribution in [0.3, 0.4) is 0 Å². The second-order valence-corrected chi connectivity index (χ2v) is 18.1. The Bertz CT molecular complexity index is 1720. The van der Waals surface area contributed by atoms with Crippen LogP contribution in [-0.4, -0.2) is 166 Å². The van der Waals surface area contributed by atoms with Gasteiger partial charge >= 0.3 is 11.9 Å². The molecule has 0 aromatic heterocycles. The van der Waals surface area contributed by atoms with E-state index < -0.39 is 17.2 Å². The summed E-state index contributed by atoms with van der Waals surface area (Å²) >= 11 is 0. The number of benzene rings is 2. The Morgan fingerprint density at radius 1 is 0.603 bits per heavy atom. The molecule has 1 atom stereocenters. The maximum Gasteiger partial charge on any atom is 0.306 e. The number of carbonyl (C=O) groups excluding carboxylic acids is 3. The van der Waals surface area contributed by atoms with Crippen molar-refractivity contribution in [3.8, 4) is 34.5 Å². The number of aliphatic hydroxyl groups excluding tert-OH is 1. The van der Waals surface area contributed by atoms with Crippen molar-refractivity contribution in [2.45, 2.75) is 131 Å². The third-order valence-corrected chi connectivity index (χ3v) is 9.89. The third kappa shape index (κ3) is 32.3. The van der Waals surface area contributed by atoms with Crippen molar-refractivity contribution in [3.05, 3.63) is 35.4 Å². The minimum atomic E-state index is -0.653. The zero-order valence-electron chi connectivity index (χ0n) is 46.6. The fourth-order valence-corrected chi connectivity index (χ4v) is 6.67. The average molecular weight is 1040 g/mol. The van der Waals surface area contributed by atoms with E-state index in [-0.39, 0.29) is 24.4 Å². The third-order valence-electron chi connectivity index (χ3n) is 9.89. The van der Waals surface area contributed by atoms with Gasteiger partial charge in [-0.2, -0.15) is 0 Å². The van der Waals surface area contributed by atoms with Crippen LogP contribution in [0.5, 0.6) is 34.5 Å². The van der Waals surface area contributed by atoms with Gasteiger partial charge in [0.05, 0.1) is 105 Å². The summed E-state index contributed by atoms with van der Waals surface area (Å²) in [7, 11) is 7.39. The zero-order chi connectivity index (χ0) is 55.1. The quantitative estimate of drug-likeness (QED) is 0.0448. The average Bonchev–Trinajstić information content (AvgIpc) is 3.34. The highest BCUT2D eigenvalue weighted by Gasteiger charge is 2.25. The first kappa shape index (κ1) is 68.3. The van der Waals surface area contributed by atoms with Gasteiger partial charge in [0, 0.05) is 77.1 Å². The van der Waals surface area contributed by atoms with Gasteiger partial charge in [-0.1, -0.05) is 6.42 Å². The summed E-state index contributed by atoms with van der Waals surface area (Å²) in [6, 6.07) is 6.63. The lowest BCUT2D eigenvalue weighted by Gasteiger charge is -2.27. The molecule has 0 heterocycles. The second kappa shape index (κ2) is 40.7. The molecule has 0 fully saturated rings. The first-order chi connectivity index (χ1) is 34.9. The van der Waals surface area contributed by atoms with Crippen LogP contribution >= 0.6 is 0 Å². The molecule has 0 aliphatic rings. The normalized spacial score (nSPS) is 11.5. The predicted octanol–water partition coefficient (Wildman–Crippen LogP) is 6.00. The summed E-state index contributed by atoms with van der Waals surface area (Å²) in [4.78, 5) is 38.3. The largest absolute Gasteiger partial charge is 0.496 e. The fourth-order valence-electron chi connectivity index (χ4n) is 6.67. The SMILES string of the molecule is CCOc1cc(OC)c(CN(CCOCCOCCCC(=O)OC(C)(C)C)C(=O)C(N)CCCCN)c(OC)c1.CCOc1cc(OC)c(CNCCOCCOCCCC(=O)OC(C)(C)C)c(OC)c1.CO. The van der Waals surface area contributed by atoms with E-state index >= 15 is 0 Å². The van der Waals surface area contributed by atoms with Crippen molar-refractivity contribution in [2.75, 3.05) is 121 Å². The number of carbonyl (C=O) groups is 3. The molecule has 0 aliphatic carbocycles. The smallest absolute Gasteiger partial charge is 0.306 e. The van der Waals surface area contributed by atoms with Gasteiger partial charge in [0.25, 0.3) is 0 Å². The van der Waals surface area contributed by atoms with Crippen molar-refractivity contribution in [1.82, 2.24) is 10.2 Å². The van der Waals surface area contributed by atoms with Crippen LogP contribution in [0.15, 0.2) is 24.3 Å². The summed E-state index contributed by atoms with van der Waals surface area (Å²) in [6.45, 7) is 21.9. The monoisotopic (exact) mass is 1040 g/mol. The molecule has 20 nitrogen and oxygen atoms in total. The van der Waals surface area contributed by atoms with Crippen LogP contribution in [-0.2, 0) is 55.9 Å². The first-order valence-corrected chi connectivity index (χ1v) is 25.3. The highest BCUT2D eigenvalue weighted by molar-refractivity contribution is 5.81. The number of nitrogens with one attached hydrogen (secondary N) is 1. The van der Waals surface area contributed by atoms with Gasteiger partial charge in [0.1, 0.15) is 45.7 Å². The molecular formula is C53H94N4O16. The predicted molar refractivity (Wildman–Crippen MR) is 281 cm³/mol. The standard InChI is InChI=1S/C29H51N3O8.C23H39NO7.CH4O/c1-7-39-22-19-25(35-5)23(26(20-22)36-6)21-32(28(34)24(31)11-8-9-13-30)14-16-38-18-17-37-15-10-12-27(33)40-29(2,3)4;1-7-30-18-15-20(26-5)19(21(16-18)27-6)17-24-10-12-29-14-13-28-11-8-9-22(25)31-23(2,3)4;1-2/h19-20,24H,7-18,21,30-31H2,1-6H3;15-16,24H,7-14,17H2,1-6H3;2H,1H3. The molecule has 2 aromatic rings. The number of hydrogen-bond donors (Lipinski definition) is 4. The number of methoxy groups -OCH3 is 4. The number of ether oxygens (including phenoxy) is 12. The van der Waals surface area contributed by atoms with Gasteiger partial charge in [0.2, 0.25) is 5.91 Å². The van der Waals surface area contributed by atoms with E-state index in [9.17, 15) is 14.4 Å².